The van der Waals surface area contributed by atoms with Gasteiger partial charge in [0.2, 0.25) is 0 Å². The van der Waals surface area contributed by atoms with Crippen molar-refractivity contribution in [1.29, 1.82) is 0 Å². The summed E-state index contributed by atoms with van der Waals surface area (Å²) < 4.78 is 5.65. The molecule has 1 nitrogen and oxygen atoms in total. The van der Waals surface area contributed by atoms with Gasteiger partial charge in [-0.25, -0.2) is 0 Å². The molecule has 3 heteroatoms. The molecule has 0 aromatic heterocycles. The average Bonchev–Trinajstić information content (AvgIpc) is 2.17. The molecule has 0 aromatic carbocycles. The Morgan fingerprint density at radius 1 is 1.38 bits per heavy atom. The molecule has 0 saturated heterocycles. The Kier molecular flexibility index (Phi) is 9.90. The summed E-state index contributed by atoms with van der Waals surface area (Å²) in [7, 11) is 5.74. The molecule has 0 fully saturated rings. The first-order chi connectivity index (χ1) is 6.24. The Bertz CT molecular complexity index is 111. The minimum Gasteiger partial charge on any atom is -0.392 e. The molecular weight excluding hydrogens is 199 g/mol. The second kappa shape index (κ2) is 9.34. The van der Waals surface area contributed by atoms with Gasteiger partial charge in [-0.05, 0) is 12.3 Å². The lowest BCUT2D eigenvalue weighted by atomic mass is 10.0. The molecule has 0 spiro atoms. The fourth-order valence-electron chi connectivity index (χ4n) is 1.22. The standard InChI is InChI=1S/C10H21O.Al.ClH/c1-4-7-8-10(5-2)9-11-6-3;;/h6,10H,4-5,7-9H2,1-3H3;;1H/q;+1;/p-1. The Labute approximate surface area is 93.1 Å². The molecule has 0 amide bonds. The molecule has 0 aromatic rings. The minimum atomic E-state index is -0.0483. The van der Waals surface area contributed by atoms with Crippen LogP contribution in [0, 0.1) is 5.92 Å². The molecule has 13 heavy (non-hydrogen) atoms. The maximum atomic E-state index is 5.74. The highest BCUT2D eigenvalue weighted by Crippen LogP contribution is 2.13. The monoisotopic (exact) mass is 219 g/mol. The summed E-state index contributed by atoms with van der Waals surface area (Å²) in [6.07, 6.45) is 5.14. The summed E-state index contributed by atoms with van der Waals surface area (Å²) in [6, 6.07) is 0. The first-order valence-electron chi connectivity index (χ1n) is 5.29. The van der Waals surface area contributed by atoms with Gasteiger partial charge in [0.05, 0.1) is 0 Å². The third kappa shape index (κ3) is 7.82. The number of rotatable bonds is 8. The number of hydrogen-bond acceptors (Lipinski definition) is 1. The molecule has 2 unspecified atom stereocenters. The van der Waals surface area contributed by atoms with Gasteiger partial charge in [0.15, 0.2) is 0 Å². The Balaban J connectivity index is 3.46. The van der Waals surface area contributed by atoms with Crippen molar-refractivity contribution in [2.45, 2.75) is 51.4 Å². The quantitative estimate of drug-likeness (QED) is 0.569. The van der Waals surface area contributed by atoms with E-state index in [1.165, 1.54) is 25.7 Å². The summed E-state index contributed by atoms with van der Waals surface area (Å²) in [5.41, 5.74) is 0. The molecule has 0 N–H and O–H groups in total. The SMILES string of the molecule is CCCCC(CC)CO[CH](C)[Al][Cl]. The molecule has 0 bridgehead atoms. The van der Waals surface area contributed by atoms with Crippen LogP contribution in [0.5, 0.6) is 0 Å². The third-order valence-corrected chi connectivity index (χ3v) is 3.93. The van der Waals surface area contributed by atoms with E-state index < -0.39 is 0 Å². The average molecular weight is 220 g/mol. The maximum absolute atomic E-state index is 5.74. The van der Waals surface area contributed by atoms with Crippen molar-refractivity contribution in [2.75, 3.05) is 6.61 Å². The van der Waals surface area contributed by atoms with Crippen LogP contribution in [-0.2, 0) is 4.74 Å². The van der Waals surface area contributed by atoms with Crippen molar-refractivity contribution < 1.29 is 4.74 Å². The lowest BCUT2D eigenvalue weighted by molar-refractivity contribution is 0.0798. The van der Waals surface area contributed by atoms with E-state index in [2.05, 4.69) is 20.8 Å². The molecule has 0 saturated carbocycles. The van der Waals surface area contributed by atoms with Gasteiger partial charge in [0.1, 0.15) is 0 Å². The van der Waals surface area contributed by atoms with Crippen LogP contribution in [0.2, 0.25) is 0 Å². The van der Waals surface area contributed by atoms with Gasteiger partial charge in [-0.3, -0.25) is 10.0 Å². The van der Waals surface area contributed by atoms with Crippen molar-refractivity contribution >= 4 is 24.3 Å². The van der Waals surface area contributed by atoms with Crippen LogP contribution in [0.15, 0.2) is 0 Å². The van der Waals surface area contributed by atoms with E-state index in [9.17, 15) is 0 Å². The van der Waals surface area contributed by atoms with Gasteiger partial charge in [-0.15, -0.1) is 0 Å². The Morgan fingerprint density at radius 3 is 2.54 bits per heavy atom. The predicted octanol–water partition coefficient (Wildman–Crippen LogP) is 3.42. The number of hydrogen-bond donors (Lipinski definition) is 0. The van der Waals surface area contributed by atoms with E-state index >= 15 is 0 Å². The van der Waals surface area contributed by atoms with Crippen LogP contribution in [0.25, 0.3) is 0 Å². The summed E-state index contributed by atoms with van der Waals surface area (Å²) in [6.45, 7) is 7.44. The normalized spacial score (nSPS) is 15.4. The Morgan fingerprint density at radius 2 is 2.08 bits per heavy atom. The molecule has 0 aliphatic rings. The van der Waals surface area contributed by atoms with Crippen LogP contribution in [0.3, 0.4) is 0 Å². The van der Waals surface area contributed by atoms with Gasteiger partial charge in [-0.1, -0.05) is 40.0 Å². The Hall–Kier alpha value is 0.782. The number of halogens is 1. The molecule has 1 radical (unpaired) electrons. The molecular formula is C10H21AlClO. The van der Waals surface area contributed by atoms with Gasteiger partial charge >= 0.3 is 14.3 Å². The van der Waals surface area contributed by atoms with Gasteiger partial charge in [0, 0.05) is 11.6 Å². The minimum absolute atomic E-state index is 0.0483. The molecule has 2 atom stereocenters. The van der Waals surface area contributed by atoms with Crippen molar-refractivity contribution in [1.82, 2.24) is 0 Å². The van der Waals surface area contributed by atoms with E-state index in [0.29, 0.717) is 0 Å². The van der Waals surface area contributed by atoms with E-state index in [1.54, 1.807) is 0 Å². The van der Waals surface area contributed by atoms with E-state index in [1.807, 2.05) is 0 Å². The number of ether oxygens (including phenoxy) is 1. The summed E-state index contributed by atoms with van der Waals surface area (Å²) in [5, 5.41) is 0. The fraction of sp³-hybridized carbons (Fsp3) is 1.00. The van der Waals surface area contributed by atoms with Gasteiger partial charge in [0.25, 0.3) is 0 Å². The van der Waals surface area contributed by atoms with Crippen LogP contribution >= 0.6 is 10.0 Å². The van der Waals surface area contributed by atoms with Crippen molar-refractivity contribution in [3.05, 3.63) is 0 Å². The topological polar surface area (TPSA) is 9.23 Å². The first-order valence-corrected chi connectivity index (χ1v) is 7.70. The van der Waals surface area contributed by atoms with Crippen molar-refractivity contribution in [3.63, 3.8) is 0 Å². The highest BCUT2D eigenvalue weighted by molar-refractivity contribution is 6.94. The van der Waals surface area contributed by atoms with Crippen LogP contribution in [0.1, 0.15) is 46.5 Å². The van der Waals surface area contributed by atoms with Crippen molar-refractivity contribution in [3.8, 4) is 0 Å². The van der Waals surface area contributed by atoms with Crippen LogP contribution in [0.4, 0.5) is 0 Å². The zero-order valence-electron chi connectivity index (χ0n) is 9.05. The highest BCUT2D eigenvalue weighted by Gasteiger charge is 2.09. The summed E-state index contributed by atoms with van der Waals surface area (Å²) in [4.78, 5) is 0.289. The molecule has 0 heterocycles. The van der Waals surface area contributed by atoms with E-state index in [4.69, 9.17) is 14.8 Å². The lowest BCUT2D eigenvalue weighted by Gasteiger charge is -2.17. The smallest absolute Gasteiger partial charge is 0.392 e. The second-order valence-electron chi connectivity index (χ2n) is 3.58. The van der Waals surface area contributed by atoms with Crippen LogP contribution < -0.4 is 0 Å². The summed E-state index contributed by atoms with van der Waals surface area (Å²) >= 11 is -0.0483. The maximum Gasteiger partial charge on any atom is 0.396 e. The predicted molar refractivity (Wildman–Crippen MR) is 60.3 cm³/mol. The third-order valence-electron chi connectivity index (χ3n) is 2.32. The first kappa shape index (κ1) is 13.8. The molecule has 0 aliphatic heterocycles. The van der Waals surface area contributed by atoms with E-state index in [0.717, 1.165) is 12.5 Å². The van der Waals surface area contributed by atoms with Crippen LogP contribution in [-0.4, -0.2) is 25.9 Å². The largest absolute Gasteiger partial charge is 0.396 e. The fourth-order valence-corrected chi connectivity index (χ4v) is 1.62. The number of unbranched alkanes of at least 4 members (excludes halogenated alkanes) is 1. The zero-order valence-corrected chi connectivity index (χ0v) is 11.0. The van der Waals surface area contributed by atoms with Crippen molar-refractivity contribution in [2.24, 2.45) is 5.92 Å². The highest BCUT2D eigenvalue weighted by atomic mass is 35.6. The molecule has 0 rings (SSSR count). The lowest BCUT2D eigenvalue weighted by Crippen LogP contribution is -2.18. The molecule has 0 aliphatic carbocycles. The second-order valence-corrected chi connectivity index (χ2v) is 5.53. The molecule has 77 valence electrons. The van der Waals surface area contributed by atoms with E-state index in [-0.39, 0.29) is 19.3 Å². The zero-order chi connectivity index (χ0) is 10.1. The summed E-state index contributed by atoms with van der Waals surface area (Å²) in [5.74, 6) is 0.741. The van der Waals surface area contributed by atoms with Gasteiger partial charge in [-0.2, -0.15) is 0 Å². The van der Waals surface area contributed by atoms with Gasteiger partial charge < -0.3 is 4.74 Å².